The molecule has 2 N–H and O–H groups in total. The van der Waals surface area contributed by atoms with Gasteiger partial charge in [0.05, 0.1) is 0 Å². The van der Waals surface area contributed by atoms with Crippen molar-refractivity contribution in [2.24, 2.45) is 0 Å². The van der Waals surface area contributed by atoms with Crippen LogP contribution >= 0.6 is 0 Å². The number of hydrogen-bond donors (Lipinski definition) is 2. The Kier molecular flexibility index (Phi) is 1.76. The van der Waals surface area contributed by atoms with E-state index in [4.69, 9.17) is 5.11 Å². The molecule has 0 amide bonds. The number of nitrogens with one attached hydrogen (secondary N) is 1. The van der Waals surface area contributed by atoms with Crippen molar-refractivity contribution in [3.8, 4) is 5.88 Å². The zero-order chi connectivity index (χ0) is 7.56. The summed E-state index contributed by atoms with van der Waals surface area (Å²) < 4.78 is 0. The first-order valence-electron chi connectivity index (χ1n) is 3.08. The smallest absolute Gasteiger partial charge is 0.215 e. The molecule has 0 fully saturated rings. The summed E-state index contributed by atoms with van der Waals surface area (Å²) in [4.78, 5) is 3.70. The molecule has 0 bridgehead atoms. The molecule has 1 rings (SSSR count). The first kappa shape index (κ1) is 6.86. The van der Waals surface area contributed by atoms with Gasteiger partial charge in [-0.2, -0.15) is 0 Å². The van der Waals surface area contributed by atoms with Gasteiger partial charge in [-0.05, 0) is 13.0 Å². The summed E-state index contributed by atoms with van der Waals surface area (Å²) in [6.45, 7) is 1.81. The monoisotopic (exact) mass is 138 g/mol. The van der Waals surface area contributed by atoms with Gasteiger partial charge in [0.1, 0.15) is 0 Å². The molecule has 10 heavy (non-hydrogen) atoms. The average Bonchev–Trinajstić information content (AvgIpc) is 1.95. The molecule has 1 heterocycles. The van der Waals surface area contributed by atoms with Crippen molar-refractivity contribution < 1.29 is 5.11 Å². The van der Waals surface area contributed by atoms with Crippen LogP contribution in [-0.2, 0) is 0 Å². The summed E-state index contributed by atoms with van der Waals surface area (Å²) in [5.74, 6) is 0.0897. The lowest BCUT2D eigenvalue weighted by Crippen LogP contribution is -1.92. The standard InChI is InChI=1S/C7H10N2O/c1-5-6(8-2)3-4-9-7(5)10/h3-4H,1-2H3,(H2,8,9,10). The maximum absolute atomic E-state index is 9.08. The highest BCUT2D eigenvalue weighted by Gasteiger charge is 1.99. The number of anilines is 1. The van der Waals surface area contributed by atoms with Crippen LogP contribution in [0.3, 0.4) is 0 Å². The van der Waals surface area contributed by atoms with E-state index in [0.29, 0.717) is 0 Å². The van der Waals surface area contributed by atoms with Crippen molar-refractivity contribution in [1.29, 1.82) is 0 Å². The van der Waals surface area contributed by atoms with Gasteiger partial charge in [0.15, 0.2) is 0 Å². The molecule has 3 heteroatoms. The Bertz CT molecular complexity index is 235. The van der Waals surface area contributed by atoms with Gasteiger partial charge in [0, 0.05) is 24.5 Å². The van der Waals surface area contributed by atoms with E-state index in [1.807, 2.05) is 20.0 Å². The van der Waals surface area contributed by atoms with Crippen LogP contribution in [0.5, 0.6) is 5.88 Å². The number of aromatic nitrogens is 1. The van der Waals surface area contributed by atoms with Crippen LogP contribution in [0.25, 0.3) is 0 Å². The molecule has 0 aliphatic heterocycles. The summed E-state index contributed by atoms with van der Waals surface area (Å²) in [6.07, 6.45) is 1.56. The van der Waals surface area contributed by atoms with Gasteiger partial charge >= 0.3 is 0 Å². The second kappa shape index (κ2) is 2.56. The number of hydrogen-bond acceptors (Lipinski definition) is 3. The van der Waals surface area contributed by atoms with E-state index in [2.05, 4.69) is 10.3 Å². The Labute approximate surface area is 59.7 Å². The number of rotatable bonds is 1. The minimum atomic E-state index is 0.0897. The summed E-state index contributed by atoms with van der Waals surface area (Å²) in [5.41, 5.74) is 1.69. The molecule has 0 radical (unpaired) electrons. The fourth-order valence-corrected chi connectivity index (χ4v) is 0.796. The Hall–Kier alpha value is -1.25. The highest BCUT2D eigenvalue weighted by atomic mass is 16.3. The van der Waals surface area contributed by atoms with Crippen LogP contribution in [0.15, 0.2) is 12.3 Å². The second-order valence-electron chi connectivity index (χ2n) is 2.06. The Balaban J connectivity index is 3.14. The summed E-state index contributed by atoms with van der Waals surface area (Å²) in [5, 5.41) is 12.0. The summed E-state index contributed by atoms with van der Waals surface area (Å²) >= 11 is 0. The molecule has 0 unspecified atom stereocenters. The van der Waals surface area contributed by atoms with Crippen molar-refractivity contribution in [1.82, 2.24) is 4.98 Å². The predicted octanol–water partition coefficient (Wildman–Crippen LogP) is 1.14. The average molecular weight is 138 g/mol. The Morgan fingerprint density at radius 1 is 1.60 bits per heavy atom. The van der Waals surface area contributed by atoms with Crippen LogP contribution in [0.2, 0.25) is 0 Å². The van der Waals surface area contributed by atoms with Gasteiger partial charge in [-0.25, -0.2) is 4.98 Å². The zero-order valence-electron chi connectivity index (χ0n) is 6.05. The van der Waals surface area contributed by atoms with Crippen molar-refractivity contribution in [2.45, 2.75) is 6.92 Å². The van der Waals surface area contributed by atoms with Gasteiger partial charge in [-0.15, -0.1) is 0 Å². The first-order chi connectivity index (χ1) is 4.75. The van der Waals surface area contributed by atoms with Crippen molar-refractivity contribution in [3.63, 3.8) is 0 Å². The molecule has 1 aromatic heterocycles. The largest absolute Gasteiger partial charge is 0.493 e. The van der Waals surface area contributed by atoms with Crippen molar-refractivity contribution >= 4 is 5.69 Å². The molecule has 3 nitrogen and oxygen atoms in total. The van der Waals surface area contributed by atoms with Gasteiger partial charge in [0.25, 0.3) is 0 Å². The van der Waals surface area contributed by atoms with Crippen LogP contribution in [0.1, 0.15) is 5.56 Å². The molecule has 0 aliphatic carbocycles. The zero-order valence-corrected chi connectivity index (χ0v) is 6.05. The van der Waals surface area contributed by atoms with Crippen LogP contribution in [0.4, 0.5) is 5.69 Å². The fraction of sp³-hybridized carbons (Fsp3) is 0.286. The molecular formula is C7H10N2O. The number of nitrogens with zero attached hydrogens (tertiary/aromatic N) is 1. The van der Waals surface area contributed by atoms with E-state index in [-0.39, 0.29) is 5.88 Å². The van der Waals surface area contributed by atoms with Gasteiger partial charge < -0.3 is 10.4 Å². The van der Waals surface area contributed by atoms with Crippen LogP contribution < -0.4 is 5.32 Å². The van der Waals surface area contributed by atoms with E-state index in [9.17, 15) is 0 Å². The normalized spacial score (nSPS) is 9.40. The quantitative estimate of drug-likeness (QED) is 0.611. The van der Waals surface area contributed by atoms with Gasteiger partial charge in [0.2, 0.25) is 5.88 Å². The molecule has 0 aromatic carbocycles. The molecule has 0 saturated heterocycles. The predicted molar refractivity (Wildman–Crippen MR) is 40.2 cm³/mol. The minimum Gasteiger partial charge on any atom is -0.493 e. The van der Waals surface area contributed by atoms with Crippen molar-refractivity contribution in [2.75, 3.05) is 12.4 Å². The second-order valence-corrected chi connectivity index (χ2v) is 2.06. The van der Waals surface area contributed by atoms with E-state index in [1.54, 1.807) is 6.20 Å². The third-order valence-corrected chi connectivity index (χ3v) is 1.45. The Morgan fingerprint density at radius 3 is 2.80 bits per heavy atom. The topological polar surface area (TPSA) is 45.2 Å². The third kappa shape index (κ3) is 1.03. The lowest BCUT2D eigenvalue weighted by molar-refractivity contribution is 0.449. The van der Waals surface area contributed by atoms with E-state index in [0.717, 1.165) is 11.3 Å². The highest BCUT2D eigenvalue weighted by molar-refractivity contribution is 5.52. The van der Waals surface area contributed by atoms with E-state index >= 15 is 0 Å². The molecular weight excluding hydrogens is 128 g/mol. The van der Waals surface area contributed by atoms with E-state index in [1.165, 1.54) is 0 Å². The van der Waals surface area contributed by atoms with Crippen LogP contribution in [0, 0.1) is 6.92 Å². The lowest BCUT2D eigenvalue weighted by atomic mass is 10.2. The first-order valence-corrected chi connectivity index (χ1v) is 3.08. The lowest BCUT2D eigenvalue weighted by Gasteiger charge is -2.03. The number of pyridine rings is 1. The SMILES string of the molecule is CNc1ccnc(O)c1C. The molecule has 54 valence electrons. The number of aromatic hydroxyl groups is 1. The van der Waals surface area contributed by atoms with Crippen LogP contribution in [-0.4, -0.2) is 17.1 Å². The fourth-order valence-electron chi connectivity index (χ4n) is 0.796. The Morgan fingerprint density at radius 2 is 2.30 bits per heavy atom. The molecule has 1 aromatic rings. The minimum absolute atomic E-state index is 0.0897. The molecule has 0 aliphatic rings. The summed E-state index contributed by atoms with van der Waals surface area (Å²) in [6, 6.07) is 1.81. The maximum atomic E-state index is 9.08. The molecule has 0 spiro atoms. The summed E-state index contributed by atoms with van der Waals surface area (Å²) in [7, 11) is 1.81. The third-order valence-electron chi connectivity index (χ3n) is 1.45. The van der Waals surface area contributed by atoms with E-state index < -0.39 is 0 Å². The maximum Gasteiger partial charge on any atom is 0.215 e. The highest BCUT2D eigenvalue weighted by Crippen LogP contribution is 2.19. The van der Waals surface area contributed by atoms with Gasteiger partial charge in [-0.1, -0.05) is 0 Å². The van der Waals surface area contributed by atoms with Crippen molar-refractivity contribution in [3.05, 3.63) is 17.8 Å². The molecule has 0 atom stereocenters. The molecule has 0 saturated carbocycles. The van der Waals surface area contributed by atoms with Gasteiger partial charge in [-0.3, -0.25) is 0 Å².